The predicted molar refractivity (Wildman–Crippen MR) is 62.1 cm³/mol. The number of nitrogens with two attached hydrogens (primary N) is 1. The van der Waals surface area contributed by atoms with E-state index >= 15 is 0 Å². The van der Waals surface area contributed by atoms with Gasteiger partial charge >= 0.3 is 0 Å². The molecule has 4 heteroatoms. The molecule has 0 aliphatic carbocycles. The van der Waals surface area contributed by atoms with Crippen LogP contribution in [0.4, 0.5) is 5.69 Å². The Morgan fingerprint density at radius 2 is 2.20 bits per heavy atom. The molecule has 0 aliphatic rings. The van der Waals surface area contributed by atoms with E-state index in [1.807, 2.05) is 26.0 Å². The van der Waals surface area contributed by atoms with Crippen LogP contribution in [-0.4, -0.2) is 15.0 Å². The van der Waals surface area contributed by atoms with Crippen LogP contribution in [-0.2, 0) is 6.54 Å². The van der Waals surface area contributed by atoms with E-state index in [0.717, 1.165) is 11.0 Å². The van der Waals surface area contributed by atoms with Crippen molar-refractivity contribution in [1.29, 1.82) is 0 Å². The van der Waals surface area contributed by atoms with Crippen LogP contribution in [0.15, 0.2) is 18.2 Å². The quantitative estimate of drug-likeness (QED) is 0.565. The second-order valence-corrected chi connectivity index (χ2v) is 2.70. The molecule has 0 fully saturated rings. The van der Waals surface area contributed by atoms with Crippen molar-refractivity contribution in [2.24, 2.45) is 0 Å². The maximum absolute atomic E-state index is 5.63. The Morgan fingerprint density at radius 3 is 2.87 bits per heavy atom. The van der Waals surface area contributed by atoms with Gasteiger partial charge in [-0.2, -0.15) is 0 Å². The molecule has 2 N–H and O–H groups in total. The normalized spacial score (nSPS) is 9.13. The average molecular weight is 202 g/mol. The summed E-state index contributed by atoms with van der Waals surface area (Å²) in [5.41, 5.74) is 8.00. The molecule has 1 aromatic heterocycles. The van der Waals surface area contributed by atoms with E-state index in [9.17, 15) is 0 Å². The molecule has 1 heterocycles. The van der Waals surface area contributed by atoms with Crippen LogP contribution in [0.5, 0.6) is 0 Å². The standard InChI is InChI=1S/C9H8N4.C2H6/c1-2-5-13-9-6-7(10)3-4-8(9)11-12-13;1-2/h1,3-4,6H,5,10H2;1-2H3. The summed E-state index contributed by atoms with van der Waals surface area (Å²) in [5, 5.41) is 7.84. The number of anilines is 1. The van der Waals surface area contributed by atoms with Crippen LogP contribution in [0.2, 0.25) is 0 Å². The van der Waals surface area contributed by atoms with Crippen molar-refractivity contribution in [3.05, 3.63) is 18.2 Å². The summed E-state index contributed by atoms with van der Waals surface area (Å²) >= 11 is 0. The minimum atomic E-state index is 0.417. The van der Waals surface area contributed by atoms with E-state index in [-0.39, 0.29) is 0 Å². The lowest BCUT2D eigenvalue weighted by atomic mass is 10.3. The minimum Gasteiger partial charge on any atom is -0.399 e. The molecular weight excluding hydrogens is 188 g/mol. The maximum atomic E-state index is 5.63. The number of terminal acetylenes is 1. The summed E-state index contributed by atoms with van der Waals surface area (Å²) < 4.78 is 1.64. The second-order valence-electron chi connectivity index (χ2n) is 2.70. The van der Waals surface area contributed by atoms with Crippen molar-refractivity contribution in [2.45, 2.75) is 20.4 Å². The van der Waals surface area contributed by atoms with E-state index in [1.165, 1.54) is 0 Å². The molecule has 0 aliphatic heterocycles. The van der Waals surface area contributed by atoms with Gasteiger partial charge in [0.25, 0.3) is 0 Å². The number of fused-ring (bicyclic) bond motifs is 1. The summed E-state index contributed by atoms with van der Waals surface area (Å²) in [7, 11) is 0. The Hall–Kier alpha value is -2.02. The van der Waals surface area contributed by atoms with Crippen LogP contribution in [0, 0.1) is 12.3 Å². The van der Waals surface area contributed by atoms with E-state index < -0.39 is 0 Å². The zero-order valence-electron chi connectivity index (χ0n) is 8.94. The van der Waals surface area contributed by atoms with Gasteiger partial charge in [-0.05, 0) is 18.2 Å². The summed E-state index contributed by atoms with van der Waals surface area (Å²) in [6, 6.07) is 5.43. The van der Waals surface area contributed by atoms with Gasteiger partial charge in [0.15, 0.2) is 0 Å². The fraction of sp³-hybridized carbons (Fsp3) is 0.273. The Labute approximate surface area is 89.1 Å². The summed E-state index contributed by atoms with van der Waals surface area (Å²) in [4.78, 5) is 0. The van der Waals surface area contributed by atoms with Crippen LogP contribution in [0.25, 0.3) is 11.0 Å². The third kappa shape index (κ3) is 2.26. The minimum absolute atomic E-state index is 0.417. The third-order valence-corrected chi connectivity index (χ3v) is 1.78. The lowest BCUT2D eigenvalue weighted by molar-refractivity contribution is 0.694. The highest BCUT2D eigenvalue weighted by Gasteiger charge is 2.02. The van der Waals surface area contributed by atoms with Crippen LogP contribution in [0.3, 0.4) is 0 Å². The van der Waals surface area contributed by atoms with Crippen molar-refractivity contribution in [3.63, 3.8) is 0 Å². The van der Waals surface area contributed by atoms with Gasteiger partial charge in [0.1, 0.15) is 12.1 Å². The summed E-state index contributed by atoms with van der Waals surface area (Å²) in [5.74, 6) is 2.50. The number of benzene rings is 1. The van der Waals surface area contributed by atoms with E-state index in [0.29, 0.717) is 12.2 Å². The highest BCUT2D eigenvalue weighted by Crippen LogP contribution is 2.14. The molecule has 2 aromatic rings. The molecule has 0 unspecified atom stereocenters. The van der Waals surface area contributed by atoms with Gasteiger partial charge in [-0.1, -0.05) is 25.0 Å². The Bertz CT molecular complexity index is 479. The predicted octanol–water partition coefficient (Wildman–Crippen LogP) is 1.67. The molecule has 2 rings (SSSR count). The molecule has 78 valence electrons. The smallest absolute Gasteiger partial charge is 0.113 e. The first-order valence-corrected chi connectivity index (χ1v) is 4.83. The fourth-order valence-electron chi connectivity index (χ4n) is 1.19. The lowest BCUT2D eigenvalue weighted by Gasteiger charge is -1.96. The molecule has 0 saturated carbocycles. The molecular formula is C11H14N4. The molecule has 4 nitrogen and oxygen atoms in total. The van der Waals surface area contributed by atoms with Crippen molar-refractivity contribution in [1.82, 2.24) is 15.0 Å². The van der Waals surface area contributed by atoms with Gasteiger partial charge in [0.05, 0.1) is 5.52 Å². The lowest BCUT2D eigenvalue weighted by Crippen LogP contribution is -1.97. The monoisotopic (exact) mass is 202 g/mol. The first kappa shape index (κ1) is 11.1. The number of nitrogens with zero attached hydrogens (tertiary/aromatic N) is 3. The van der Waals surface area contributed by atoms with Gasteiger partial charge in [-0.3, -0.25) is 0 Å². The molecule has 0 saturated heterocycles. The Kier molecular flexibility index (Phi) is 3.69. The molecule has 0 bridgehead atoms. The van der Waals surface area contributed by atoms with Crippen molar-refractivity contribution < 1.29 is 0 Å². The summed E-state index contributed by atoms with van der Waals surface area (Å²) in [6.07, 6.45) is 5.18. The Morgan fingerprint density at radius 1 is 1.47 bits per heavy atom. The topological polar surface area (TPSA) is 56.7 Å². The van der Waals surface area contributed by atoms with E-state index in [4.69, 9.17) is 12.2 Å². The molecule has 15 heavy (non-hydrogen) atoms. The third-order valence-electron chi connectivity index (χ3n) is 1.78. The largest absolute Gasteiger partial charge is 0.399 e. The number of nitrogen functional groups attached to an aromatic ring is 1. The first-order valence-electron chi connectivity index (χ1n) is 4.83. The van der Waals surface area contributed by atoms with Crippen molar-refractivity contribution in [3.8, 4) is 12.3 Å². The van der Waals surface area contributed by atoms with Gasteiger partial charge in [-0.25, -0.2) is 4.68 Å². The van der Waals surface area contributed by atoms with Crippen molar-refractivity contribution >= 4 is 16.7 Å². The maximum Gasteiger partial charge on any atom is 0.113 e. The van der Waals surface area contributed by atoms with Gasteiger partial charge in [0.2, 0.25) is 0 Å². The molecule has 0 amide bonds. The van der Waals surface area contributed by atoms with Gasteiger partial charge in [0, 0.05) is 5.69 Å². The average Bonchev–Trinajstić information content (AvgIpc) is 2.65. The number of rotatable bonds is 1. The first-order chi connectivity index (χ1) is 7.31. The zero-order chi connectivity index (χ0) is 11.3. The molecule has 0 atom stereocenters. The SMILES string of the molecule is C#CCn1nnc2ccc(N)cc21.CC. The van der Waals surface area contributed by atoms with Gasteiger partial charge < -0.3 is 5.73 Å². The number of aromatic nitrogens is 3. The number of hydrogen-bond donors (Lipinski definition) is 1. The van der Waals surface area contributed by atoms with E-state index in [1.54, 1.807) is 10.7 Å². The summed E-state index contributed by atoms with van der Waals surface area (Å²) in [6.45, 7) is 4.42. The number of hydrogen-bond acceptors (Lipinski definition) is 3. The van der Waals surface area contributed by atoms with E-state index in [2.05, 4.69) is 16.2 Å². The highest BCUT2D eigenvalue weighted by molar-refractivity contribution is 5.78. The van der Waals surface area contributed by atoms with Crippen molar-refractivity contribution in [2.75, 3.05) is 5.73 Å². The Balaban J connectivity index is 0.000000531. The van der Waals surface area contributed by atoms with Gasteiger partial charge in [-0.15, -0.1) is 11.5 Å². The molecule has 1 aromatic carbocycles. The van der Waals surface area contributed by atoms with Crippen LogP contribution >= 0.6 is 0 Å². The molecule has 0 spiro atoms. The fourth-order valence-corrected chi connectivity index (χ4v) is 1.19. The van der Waals surface area contributed by atoms with Crippen LogP contribution in [0.1, 0.15) is 13.8 Å². The second kappa shape index (κ2) is 5.01. The zero-order valence-corrected chi connectivity index (χ0v) is 8.94. The molecule has 0 radical (unpaired) electrons. The van der Waals surface area contributed by atoms with Crippen LogP contribution < -0.4 is 5.73 Å². The highest BCUT2D eigenvalue weighted by atomic mass is 15.4.